The largest absolute Gasteiger partial charge is 0.495 e. The maximum Gasteiger partial charge on any atom is 0.495 e. The van der Waals surface area contributed by atoms with E-state index < -0.39 is 0 Å². The van der Waals surface area contributed by atoms with Crippen molar-refractivity contribution in [1.82, 2.24) is 5.32 Å². The Hall–Kier alpha value is -0.835. The van der Waals surface area contributed by atoms with Crippen LogP contribution in [0, 0.1) is 6.92 Å². The zero-order chi connectivity index (χ0) is 16.0. The molecule has 1 aromatic carbocycles. The highest BCUT2D eigenvalue weighted by Crippen LogP contribution is 2.37. The molecule has 0 aliphatic carbocycles. The average molecular weight is 301 g/mol. The second-order valence-electron chi connectivity index (χ2n) is 7.73. The van der Waals surface area contributed by atoms with E-state index in [1.54, 1.807) is 0 Å². The summed E-state index contributed by atoms with van der Waals surface area (Å²) in [7, 11) is -0.258. The number of nitrogens with one attached hydrogen (secondary N) is 1. The summed E-state index contributed by atoms with van der Waals surface area (Å²) in [5.41, 5.74) is 3.30. The van der Waals surface area contributed by atoms with Gasteiger partial charge in [0.2, 0.25) is 0 Å². The van der Waals surface area contributed by atoms with Crippen LogP contribution in [0.1, 0.15) is 57.6 Å². The summed E-state index contributed by atoms with van der Waals surface area (Å²) in [5, 5.41) is 3.44. The van der Waals surface area contributed by atoms with Crippen molar-refractivity contribution < 1.29 is 9.31 Å². The van der Waals surface area contributed by atoms with Gasteiger partial charge in [-0.25, -0.2) is 0 Å². The third-order valence-electron chi connectivity index (χ3n) is 5.62. The Bertz CT molecular complexity index is 534. The van der Waals surface area contributed by atoms with Crippen LogP contribution >= 0.6 is 0 Å². The molecule has 2 aliphatic heterocycles. The summed E-state index contributed by atoms with van der Waals surface area (Å²) in [5.74, 6) is 0.656. The molecular formula is C18H28BNO2. The van der Waals surface area contributed by atoms with E-state index in [0.717, 1.165) is 13.1 Å². The van der Waals surface area contributed by atoms with Gasteiger partial charge in [0.1, 0.15) is 0 Å². The molecule has 3 nitrogen and oxygen atoms in total. The highest BCUT2D eigenvalue weighted by molar-refractivity contribution is 6.62. The number of benzene rings is 1. The van der Waals surface area contributed by atoms with Crippen molar-refractivity contribution in [2.75, 3.05) is 13.1 Å². The summed E-state index contributed by atoms with van der Waals surface area (Å²) in [4.78, 5) is 0. The van der Waals surface area contributed by atoms with Gasteiger partial charge >= 0.3 is 7.12 Å². The van der Waals surface area contributed by atoms with Gasteiger partial charge in [-0.1, -0.05) is 23.8 Å². The third-order valence-corrected chi connectivity index (χ3v) is 5.62. The summed E-state index contributed by atoms with van der Waals surface area (Å²) in [6.07, 6.45) is 2.43. The van der Waals surface area contributed by atoms with E-state index in [-0.39, 0.29) is 18.3 Å². The molecule has 1 N–H and O–H groups in total. The van der Waals surface area contributed by atoms with Crippen molar-refractivity contribution in [3.63, 3.8) is 0 Å². The van der Waals surface area contributed by atoms with Crippen LogP contribution in [0.15, 0.2) is 18.2 Å². The topological polar surface area (TPSA) is 30.5 Å². The molecule has 4 heteroatoms. The average Bonchev–Trinajstić information content (AvgIpc) is 2.69. The number of rotatable bonds is 2. The zero-order valence-electron chi connectivity index (χ0n) is 14.5. The predicted octanol–water partition coefficient (Wildman–Crippen LogP) is 2.76. The fourth-order valence-electron chi connectivity index (χ4n) is 3.29. The van der Waals surface area contributed by atoms with Gasteiger partial charge in [0.25, 0.3) is 0 Å². The van der Waals surface area contributed by atoms with Gasteiger partial charge in [-0.05, 0) is 77.5 Å². The number of hydrogen-bond donors (Lipinski definition) is 1. The summed E-state index contributed by atoms with van der Waals surface area (Å²) in [6.45, 7) is 12.8. The van der Waals surface area contributed by atoms with Gasteiger partial charge in [-0.2, -0.15) is 0 Å². The quantitative estimate of drug-likeness (QED) is 0.852. The highest BCUT2D eigenvalue weighted by Gasteiger charge is 2.52. The van der Waals surface area contributed by atoms with Crippen molar-refractivity contribution in [3.8, 4) is 0 Å². The molecule has 2 aliphatic rings. The van der Waals surface area contributed by atoms with Crippen LogP contribution in [0.5, 0.6) is 0 Å². The highest BCUT2D eigenvalue weighted by atomic mass is 16.7. The minimum atomic E-state index is -0.283. The van der Waals surface area contributed by atoms with Gasteiger partial charge in [0.05, 0.1) is 11.2 Å². The lowest BCUT2D eigenvalue weighted by Crippen LogP contribution is -2.41. The standard InChI is InChI=1S/C18H28BNO2/c1-13-6-7-15(14-8-10-20-11-9-14)12-16(13)19-21-17(2,3)18(4,5)22-19/h6-7,12,14,20H,8-11H2,1-5H3. The molecule has 22 heavy (non-hydrogen) atoms. The molecule has 0 atom stereocenters. The van der Waals surface area contributed by atoms with Crippen molar-refractivity contribution >= 4 is 12.6 Å². The minimum Gasteiger partial charge on any atom is -0.399 e. The number of aryl methyl sites for hydroxylation is 1. The smallest absolute Gasteiger partial charge is 0.399 e. The molecule has 3 rings (SSSR count). The molecule has 2 fully saturated rings. The first-order valence-corrected chi connectivity index (χ1v) is 8.47. The van der Waals surface area contributed by atoms with E-state index in [0.29, 0.717) is 5.92 Å². The molecule has 0 saturated carbocycles. The van der Waals surface area contributed by atoms with Crippen molar-refractivity contribution in [3.05, 3.63) is 29.3 Å². The van der Waals surface area contributed by atoms with E-state index in [1.807, 2.05) is 0 Å². The lowest BCUT2D eigenvalue weighted by atomic mass is 9.74. The first-order chi connectivity index (χ1) is 10.3. The van der Waals surface area contributed by atoms with Gasteiger partial charge in [-0.15, -0.1) is 0 Å². The maximum atomic E-state index is 6.24. The van der Waals surface area contributed by atoms with Crippen LogP contribution in [0.4, 0.5) is 0 Å². The van der Waals surface area contributed by atoms with Gasteiger partial charge in [0.15, 0.2) is 0 Å². The van der Waals surface area contributed by atoms with Crippen molar-refractivity contribution in [2.45, 2.75) is 64.6 Å². The Morgan fingerprint density at radius 2 is 1.64 bits per heavy atom. The molecular weight excluding hydrogens is 273 g/mol. The summed E-state index contributed by atoms with van der Waals surface area (Å²) in [6, 6.07) is 6.81. The normalized spacial score (nSPS) is 24.7. The molecule has 2 saturated heterocycles. The van der Waals surface area contributed by atoms with E-state index in [9.17, 15) is 0 Å². The fraction of sp³-hybridized carbons (Fsp3) is 0.667. The molecule has 2 heterocycles. The van der Waals surface area contributed by atoms with E-state index >= 15 is 0 Å². The van der Waals surface area contributed by atoms with Crippen molar-refractivity contribution in [2.24, 2.45) is 0 Å². The van der Waals surface area contributed by atoms with Gasteiger partial charge in [0, 0.05) is 0 Å². The number of hydrogen-bond acceptors (Lipinski definition) is 3. The molecule has 120 valence electrons. The predicted molar refractivity (Wildman–Crippen MR) is 91.7 cm³/mol. The Kier molecular flexibility index (Phi) is 4.13. The minimum absolute atomic E-state index is 0.258. The molecule has 0 unspecified atom stereocenters. The monoisotopic (exact) mass is 301 g/mol. The lowest BCUT2D eigenvalue weighted by molar-refractivity contribution is 0.00578. The number of piperidine rings is 1. The van der Waals surface area contributed by atoms with Crippen LogP contribution in [-0.2, 0) is 9.31 Å². The first kappa shape index (κ1) is 16.0. The molecule has 0 radical (unpaired) electrons. The molecule has 0 aromatic heterocycles. The SMILES string of the molecule is Cc1ccc(C2CCNCC2)cc1B1OC(C)(C)C(C)(C)O1. The molecule has 0 amide bonds. The summed E-state index contributed by atoms with van der Waals surface area (Å²) < 4.78 is 12.5. The van der Waals surface area contributed by atoms with Crippen molar-refractivity contribution in [1.29, 1.82) is 0 Å². The second-order valence-corrected chi connectivity index (χ2v) is 7.73. The van der Waals surface area contributed by atoms with E-state index in [4.69, 9.17) is 9.31 Å². The molecule has 0 spiro atoms. The van der Waals surface area contributed by atoms with Crippen LogP contribution in [0.2, 0.25) is 0 Å². The van der Waals surface area contributed by atoms with Crippen LogP contribution in [-0.4, -0.2) is 31.4 Å². The van der Waals surface area contributed by atoms with Gasteiger partial charge < -0.3 is 14.6 Å². The van der Waals surface area contributed by atoms with E-state index in [2.05, 4.69) is 58.1 Å². The Morgan fingerprint density at radius 1 is 1.05 bits per heavy atom. The first-order valence-electron chi connectivity index (χ1n) is 8.47. The second kappa shape index (κ2) is 5.66. The molecule has 0 bridgehead atoms. The third kappa shape index (κ3) is 2.84. The Balaban J connectivity index is 1.88. The van der Waals surface area contributed by atoms with Gasteiger partial charge in [-0.3, -0.25) is 0 Å². The zero-order valence-corrected chi connectivity index (χ0v) is 14.5. The fourth-order valence-corrected chi connectivity index (χ4v) is 3.29. The van der Waals surface area contributed by atoms with Crippen LogP contribution in [0.25, 0.3) is 0 Å². The van der Waals surface area contributed by atoms with E-state index in [1.165, 1.54) is 29.4 Å². The Morgan fingerprint density at radius 3 is 2.23 bits per heavy atom. The Labute approximate surface area is 134 Å². The lowest BCUT2D eigenvalue weighted by Gasteiger charge is -2.32. The van der Waals surface area contributed by atoms with Crippen LogP contribution < -0.4 is 10.8 Å². The molecule has 1 aromatic rings. The van der Waals surface area contributed by atoms with Crippen LogP contribution in [0.3, 0.4) is 0 Å². The summed E-state index contributed by atoms with van der Waals surface area (Å²) >= 11 is 0. The maximum absolute atomic E-state index is 6.24.